The maximum atomic E-state index is 6.04. The van der Waals surface area contributed by atoms with Crippen molar-refractivity contribution in [2.24, 2.45) is 5.92 Å². The Hall–Kier alpha value is -1.22. The average molecular weight is 277 g/mol. The van der Waals surface area contributed by atoms with Gasteiger partial charge in [-0.3, -0.25) is 0 Å². The SMILES string of the molecule is CCNCc1ccc(OC)c(OCC2CCCCC2)c1. The Labute approximate surface area is 122 Å². The molecule has 0 saturated heterocycles. The van der Waals surface area contributed by atoms with Gasteiger partial charge in [-0.25, -0.2) is 0 Å². The van der Waals surface area contributed by atoms with Crippen LogP contribution in [0.1, 0.15) is 44.6 Å². The molecule has 0 bridgehead atoms. The van der Waals surface area contributed by atoms with Crippen molar-refractivity contribution >= 4 is 0 Å². The second-order valence-corrected chi connectivity index (χ2v) is 5.58. The van der Waals surface area contributed by atoms with E-state index in [4.69, 9.17) is 9.47 Å². The molecule has 0 unspecified atom stereocenters. The highest BCUT2D eigenvalue weighted by Gasteiger charge is 2.15. The zero-order chi connectivity index (χ0) is 14.2. The summed E-state index contributed by atoms with van der Waals surface area (Å²) in [5.41, 5.74) is 1.24. The summed E-state index contributed by atoms with van der Waals surface area (Å²) in [6, 6.07) is 6.20. The van der Waals surface area contributed by atoms with Gasteiger partial charge in [-0.1, -0.05) is 32.3 Å². The highest BCUT2D eigenvalue weighted by Crippen LogP contribution is 2.30. The van der Waals surface area contributed by atoms with Gasteiger partial charge in [0.15, 0.2) is 11.5 Å². The highest BCUT2D eigenvalue weighted by atomic mass is 16.5. The summed E-state index contributed by atoms with van der Waals surface area (Å²) >= 11 is 0. The van der Waals surface area contributed by atoms with Crippen LogP contribution < -0.4 is 14.8 Å². The molecule has 1 aliphatic rings. The second-order valence-electron chi connectivity index (χ2n) is 5.58. The minimum Gasteiger partial charge on any atom is -0.493 e. The van der Waals surface area contributed by atoms with Gasteiger partial charge < -0.3 is 14.8 Å². The molecule has 20 heavy (non-hydrogen) atoms. The van der Waals surface area contributed by atoms with Crippen LogP contribution in [0, 0.1) is 5.92 Å². The van der Waals surface area contributed by atoms with Gasteiger partial charge in [0, 0.05) is 6.54 Å². The molecule has 3 heteroatoms. The van der Waals surface area contributed by atoms with E-state index in [1.165, 1.54) is 37.7 Å². The Bertz CT molecular complexity index is 400. The minimum atomic E-state index is 0.714. The van der Waals surface area contributed by atoms with Gasteiger partial charge in [-0.15, -0.1) is 0 Å². The zero-order valence-electron chi connectivity index (χ0n) is 12.8. The van der Waals surface area contributed by atoms with E-state index in [2.05, 4.69) is 24.4 Å². The van der Waals surface area contributed by atoms with Crippen LogP contribution in [0.2, 0.25) is 0 Å². The maximum absolute atomic E-state index is 6.04. The normalized spacial score (nSPS) is 16.1. The van der Waals surface area contributed by atoms with Crippen LogP contribution in [-0.4, -0.2) is 20.3 Å². The van der Waals surface area contributed by atoms with Crippen molar-refractivity contribution in [3.8, 4) is 11.5 Å². The zero-order valence-corrected chi connectivity index (χ0v) is 12.8. The molecule has 0 aliphatic heterocycles. The number of methoxy groups -OCH3 is 1. The minimum absolute atomic E-state index is 0.714. The predicted molar refractivity (Wildman–Crippen MR) is 82.4 cm³/mol. The lowest BCUT2D eigenvalue weighted by molar-refractivity contribution is 0.202. The molecular formula is C17H27NO2. The lowest BCUT2D eigenvalue weighted by Gasteiger charge is -2.22. The van der Waals surface area contributed by atoms with Crippen molar-refractivity contribution in [3.63, 3.8) is 0 Å². The molecule has 0 spiro atoms. The van der Waals surface area contributed by atoms with Crippen molar-refractivity contribution in [1.82, 2.24) is 5.32 Å². The van der Waals surface area contributed by atoms with Crippen molar-refractivity contribution in [2.75, 3.05) is 20.3 Å². The summed E-state index contributed by atoms with van der Waals surface area (Å²) in [5.74, 6) is 2.43. The summed E-state index contributed by atoms with van der Waals surface area (Å²) in [7, 11) is 1.70. The number of rotatable bonds is 7. The Balaban J connectivity index is 1.96. The van der Waals surface area contributed by atoms with Crippen molar-refractivity contribution < 1.29 is 9.47 Å². The van der Waals surface area contributed by atoms with Crippen LogP contribution in [0.25, 0.3) is 0 Å². The van der Waals surface area contributed by atoms with Gasteiger partial charge in [-0.05, 0) is 43.0 Å². The van der Waals surface area contributed by atoms with E-state index >= 15 is 0 Å². The van der Waals surface area contributed by atoms with Gasteiger partial charge >= 0.3 is 0 Å². The van der Waals surface area contributed by atoms with E-state index in [0.717, 1.165) is 31.2 Å². The first kappa shape index (κ1) is 15.2. The third kappa shape index (κ3) is 4.41. The smallest absolute Gasteiger partial charge is 0.161 e. The number of benzene rings is 1. The van der Waals surface area contributed by atoms with E-state index in [1.807, 2.05) is 6.07 Å². The molecule has 2 rings (SSSR count). The Morgan fingerprint density at radius 3 is 2.65 bits per heavy atom. The van der Waals surface area contributed by atoms with Gasteiger partial charge in [0.2, 0.25) is 0 Å². The first-order chi connectivity index (χ1) is 9.83. The fourth-order valence-corrected chi connectivity index (χ4v) is 2.77. The van der Waals surface area contributed by atoms with Crippen LogP contribution in [0.4, 0.5) is 0 Å². The third-order valence-corrected chi connectivity index (χ3v) is 4.01. The van der Waals surface area contributed by atoms with E-state index in [0.29, 0.717) is 5.92 Å². The van der Waals surface area contributed by atoms with Gasteiger partial charge in [0.25, 0.3) is 0 Å². The van der Waals surface area contributed by atoms with Gasteiger partial charge in [0.1, 0.15) is 0 Å². The molecule has 3 nitrogen and oxygen atoms in total. The molecule has 0 heterocycles. The van der Waals surface area contributed by atoms with Gasteiger partial charge in [0.05, 0.1) is 13.7 Å². The van der Waals surface area contributed by atoms with Crippen LogP contribution in [0.5, 0.6) is 11.5 Å². The standard InChI is InChI=1S/C17H27NO2/c1-3-18-12-15-9-10-16(19-2)17(11-15)20-13-14-7-5-4-6-8-14/h9-11,14,18H,3-8,12-13H2,1-2H3. The topological polar surface area (TPSA) is 30.5 Å². The molecule has 0 radical (unpaired) electrons. The highest BCUT2D eigenvalue weighted by molar-refractivity contribution is 5.43. The molecule has 0 atom stereocenters. The first-order valence-corrected chi connectivity index (χ1v) is 7.84. The molecular weight excluding hydrogens is 250 g/mol. The predicted octanol–water partition coefficient (Wildman–Crippen LogP) is 3.76. The largest absolute Gasteiger partial charge is 0.493 e. The van der Waals surface area contributed by atoms with Crippen molar-refractivity contribution in [2.45, 2.75) is 45.6 Å². The summed E-state index contributed by atoms with van der Waals surface area (Å²) in [6.45, 7) is 4.79. The number of ether oxygens (including phenoxy) is 2. The molecule has 0 amide bonds. The van der Waals surface area contributed by atoms with E-state index in [9.17, 15) is 0 Å². The maximum Gasteiger partial charge on any atom is 0.161 e. The van der Waals surface area contributed by atoms with Crippen molar-refractivity contribution in [1.29, 1.82) is 0 Å². The molecule has 1 aromatic carbocycles. The molecule has 1 aromatic rings. The number of hydrogen-bond donors (Lipinski definition) is 1. The summed E-state index contributed by atoms with van der Waals surface area (Å²) in [6.07, 6.45) is 6.70. The van der Waals surface area contributed by atoms with E-state index in [1.54, 1.807) is 7.11 Å². The number of nitrogens with one attached hydrogen (secondary N) is 1. The molecule has 1 N–H and O–H groups in total. The van der Waals surface area contributed by atoms with Crippen LogP contribution in [-0.2, 0) is 6.54 Å². The van der Waals surface area contributed by atoms with Crippen molar-refractivity contribution in [3.05, 3.63) is 23.8 Å². The van der Waals surface area contributed by atoms with Crippen LogP contribution >= 0.6 is 0 Å². The first-order valence-electron chi connectivity index (χ1n) is 7.84. The van der Waals surface area contributed by atoms with Crippen LogP contribution in [0.15, 0.2) is 18.2 Å². The van der Waals surface area contributed by atoms with E-state index in [-0.39, 0.29) is 0 Å². The Morgan fingerprint density at radius 1 is 1.15 bits per heavy atom. The average Bonchev–Trinajstić information content (AvgIpc) is 2.52. The van der Waals surface area contributed by atoms with E-state index < -0.39 is 0 Å². The lowest BCUT2D eigenvalue weighted by atomic mass is 9.90. The van der Waals surface area contributed by atoms with Crippen LogP contribution in [0.3, 0.4) is 0 Å². The summed E-state index contributed by atoms with van der Waals surface area (Å²) < 4.78 is 11.4. The molecule has 1 aliphatic carbocycles. The Morgan fingerprint density at radius 2 is 1.95 bits per heavy atom. The monoisotopic (exact) mass is 277 g/mol. The summed E-state index contributed by atoms with van der Waals surface area (Å²) in [5, 5.41) is 3.34. The molecule has 112 valence electrons. The number of hydrogen-bond acceptors (Lipinski definition) is 3. The lowest BCUT2D eigenvalue weighted by Crippen LogP contribution is -2.16. The Kier molecular flexibility index (Phi) is 6.19. The fraction of sp³-hybridized carbons (Fsp3) is 0.647. The van der Waals surface area contributed by atoms with Gasteiger partial charge in [-0.2, -0.15) is 0 Å². The molecule has 1 saturated carbocycles. The summed E-state index contributed by atoms with van der Waals surface area (Å²) in [4.78, 5) is 0. The fourth-order valence-electron chi connectivity index (χ4n) is 2.77. The quantitative estimate of drug-likeness (QED) is 0.823. The third-order valence-electron chi connectivity index (χ3n) is 4.01. The molecule has 0 aromatic heterocycles. The second kappa shape index (κ2) is 8.15. The molecule has 1 fully saturated rings.